The highest BCUT2D eigenvalue weighted by Crippen LogP contribution is 2.15. The fraction of sp³-hybridized carbons (Fsp3) is 0.875. The van der Waals surface area contributed by atoms with Crippen LogP contribution >= 0.6 is 0 Å². The minimum atomic E-state index is -3.13. The average Bonchev–Trinajstić information content (AvgIpc) is 2.24. The van der Waals surface area contributed by atoms with Crippen LogP contribution in [0.4, 0.5) is 0 Å². The molecule has 0 fully saturated rings. The molecule has 0 unspecified atom stereocenters. The maximum Gasteiger partial charge on any atom is 0.253 e. The molecule has 0 aromatic heterocycles. The van der Waals surface area contributed by atoms with Gasteiger partial charge >= 0.3 is 0 Å². The highest BCUT2D eigenvalue weighted by atomic mass is 16.5. The fourth-order valence-corrected chi connectivity index (χ4v) is 0.982. The van der Waals surface area contributed by atoms with Crippen LogP contribution in [0.2, 0.25) is 0 Å². The van der Waals surface area contributed by atoms with Gasteiger partial charge in [-0.1, -0.05) is 6.92 Å². The Morgan fingerprint density at radius 3 is 2.07 bits per heavy atom. The summed E-state index contributed by atoms with van der Waals surface area (Å²) in [4.78, 5) is 11.0. The highest BCUT2D eigenvalue weighted by molar-refractivity contribution is 5.85. The number of aliphatic hydroxyl groups is 6. The summed E-state index contributed by atoms with van der Waals surface area (Å²) in [5, 5.41) is 54.0. The van der Waals surface area contributed by atoms with Crippen molar-refractivity contribution in [1.29, 1.82) is 0 Å². The Labute approximate surface area is 86.2 Å². The van der Waals surface area contributed by atoms with Gasteiger partial charge in [-0.3, -0.25) is 4.79 Å². The van der Waals surface area contributed by atoms with Crippen LogP contribution in [-0.4, -0.2) is 67.1 Å². The zero-order chi connectivity index (χ0) is 12.2. The summed E-state index contributed by atoms with van der Waals surface area (Å²) < 4.78 is 0. The van der Waals surface area contributed by atoms with E-state index in [1.54, 1.807) is 0 Å². The van der Waals surface area contributed by atoms with E-state index in [4.69, 9.17) is 25.5 Å². The zero-order valence-corrected chi connectivity index (χ0v) is 8.24. The van der Waals surface area contributed by atoms with E-state index in [0.29, 0.717) is 0 Å². The molecule has 0 amide bonds. The maximum atomic E-state index is 11.0. The number of carbonyl (C=O) groups is 1. The first kappa shape index (κ1) is 14.4. The summed E-state index contributed by atoms with van der Waals surface area (Å²) in [5.74, 6) is -4.23. The summed E-state index contributed by atoms with van der Waals surface area (Å²) in [6.45, 7) is 0.458. The number of hydrogen-bond donors (Lipinski definition) is 6. The predicted molar refractivity (Wildman–Crippen MR) is 47.6 cm³/mol. The second-order valence-electron chi connectivity index (χ2n) is 3.19. The Morgan fingerprint density at radius 2 is 1.73 bits per heavy atom. The molecule has 0 heterocycles. The molecular formula is C8H16O7. The van der Waals surface area contributed by atoms with Gasteiger partial charge in [0.1, 0.15) is 18.3 Å². The Balaban J connectivity index is 4.67. The van der Waals surface area contributed by atoms with Gasteiger partial charge in [0.05, 0.1) is 6.61 Å². The number of rotatable bonds is 6. The van der Waals surface area contributed by atoms with Crippen molar-refractivity contribution in [3.63, 3.8) is 0 Å². The summed E-state index contributed by atoms with van der Waals surface area (Å²) in [7, 11) is 0. The van der Waals surface area contributed by atoms with Gasteiger partial charge in [-0.05, 0) is 0 Å². The summed E-state index contributed by atoms with van der Waals surface area (Å²) in [6.07, 6.45) is -6.33. The van der Waals surface area contributed by atoms with Gasteiger partial charge < -0.3 is 30.6 Å². The van der Waals surface area contributed by atoms with Crippen LogP contribution in [0.5, 0.6) is 0 Å². The maximum absolute atomic E-state index is 11.0. The lowest BCUT2D eigenvalue weighted by Gasteiger charge is -2.30. The van der Waals surface area contributed by atoms with E-state index in [1.165, 1.54) is 6.92 Å². The molecule has 0 aliphatic rings. The minimum Gasteiger partial charge on any atom is -0.394 e. The van der Waals surface area contributed by atoms with E-state index in [2.05, 4.69) is 0 Å². The Bertz CT molecular complexity index is 215. The molecule has 0 bridgehead atoms. The first-order valence-electron chi connectivity index (χ1n) is 4.42. The van der Waals surface area contributed by atoms with Crippen molar-refractivity contribution in [3.8, 4) is 0 Å². The highest BCUT2D eigenvalue weighted by Gasteiger charge is 2.45. The van der Waals surface area contributed by atoms with Crippen molar-refractivity contribution >= 4 is 5.78 Å². The van der Waals surface area contributed by atoms with E-state index in [1.807, 2.05) is 0 Å². The van der Waals surface area contributed by atoms with Crippen LogP contribution < -0.4 is 0 Å². The number of Topliss-reactive ketones (excluding diaryl/α,β-unsaturated/α-hetero) is 1. The van der Waals surface area contributed by atoms with E-state index in [9.17, 15) is 9.90 Å². The number of hydrogen-bond acceptors (Lipinski definition) is 7. The molecule has 0 saturated heterocycles. The molecule has 90 valence electrons. The fourth-order valence-electron chi connectivity index (χ4n) is 0.982. The van der Waals surface area contributed by atoms with Crippen LogP contribution in [0, 0.1) is 0 Å². The van der Waals surface area contributed by atoms with Crippen molar-refractivity contribution in [2.45, 2.75) is 37.4 Å². The molecule has 15 heavy (non-hydrogen) atoms. The first-order chi connectivity index (χ1) is 6.78. The number of carbonyl (C=O) groups excluding carboxylic acids is 1. The van der Waals surface area contributed by atoms with Crippen LogP contribution in [-0.2, 0) is 4.79 Å². The SMILES string of the molecule is CCC(=O)C(O)(O)[C@@H](O)[C@H](O)[C@H](O)CO. The van der Waals surface area contributed by atoms with E-state index < -0.39 is 36.5 Å². The molecule has 0 rings (SSSR count). The van der Waals surface area contributed by atoms with E-state index in [0.717, 1.165) is 0 Å². The summed E-state index contributed by atoms with van der Waals surface area (Å²) in [6, 6.07) is 0. The number of aliphatic hydroxyl groups excluding tert-OH is 4. The normalized spacial score (nSPS) is 18.3. The second kappa shape index (κ2) is 5.50. The molecule has 0 aliphatic heterocycles. The predicted octanol–water partition coefficient (Wildman–Crippen LogP) is -3.28. The lowest BCUT2D eigenvalue weighted by molar-refractivity contribution is -0.246. The third-order valence-corrected chi connectivity index (χ3v) is 2.05. The molecule has 0 saturated carbocycles. The summed E-state index contributed by atoms with van der Waals surface area (Å²) in [5.41, 5.74) is 0. The van der Waals surface area contributed by atoms with Crippen molar-refractivity contribution in [1.82, 2.24) is 0 Å². The van der Waals surface area contributed by atoms with E-state index >= 15 is 0 Å². The Hall–Kier alpha value is -0.570. The van der Waals surface area contributed by atoms with Crippen molar-refractivity contribution in [2.24, 2.45) is 0 Å². The van der Waals surface area contributed by atoms with Gasteiger partial charge in [0.15, 0.2) is 5.78 Å². The standard InChI is InChI=1S/C8H16O7/c1-2-5(11)8(14,15)7(13)6(12)4(10)3-9/h4,6-7,9-10,12-15H,2-3H2,1H3/t4-,6-,7+/m1/s1. The third-order valence-electron chi connectivity index (χ3n) is 2.05. The molecule has 0 aromatic rings. The Morgan fingerprint density at radius 1 is 1.27 bits per heavy atom. The lowest BCUT2D eigenvalue weighted by Crippen LogP contribution is -2.57. The van der Waals surface area contributed by atoms with Gasteiger partial charge in [-0.15, -0.1) is 0 Å². The second-order valence-corrected chi connectivity index (χ2v) is 3.19. The van der Waals surface area contributed by atoms with Crippen LogP contribution in [0.1, 0.15) is 13.3 Å². The van der Waals surface area contributed by atoms with Gasteiger partial charge in [0.25, 0.3) is 5.79 Å². The molecule has 0 aromatic carbocycles. The molecule has 6 N–H and O–H groups in total. The monoisotopic (exact) mass is 224 g/mol. The van der Waals surface area contributed by atoms with Gasteiger partial charge in [0, 0.05) is 6.42 Å². The van der Waals surface area contributed by atoms with Crippen molar-refractivity contribution in [3.05, 3.63) is 0 Å². The molecular weight excluding hydrogens is 208 g/mol. The smallest absolute Gasteiger partial charge is 0.253 e. The van der Waals surface area contributed by atoms with Crippen LogP contribution in [0.25, 0.3) is 0 Å². The van der Waals surface area contributed by atoms with Gasteiger partial charge in [-0.25, -0.2) is 0 Å². The van der Waals surface area contributed by atoms with E-state index in [-0.39, 0.29) is 6.42 Å². The molecule has 7 nitrogen and oxygen atoms in total. The largest absolute Gasteiger partial charge is 0.394 e. The minimum absolute atomic E-state index is 0.258. The molecule has 7 heteroatoms. The molecule has 0 aliphatic carbocycles. The van der Waals surface area contributed by atoms with Gasteiger partial charge in [0.2, 0.25) is 0 Å². The average molecular weight is 224 g/mol. The lowest BCUT2D eigenvalue weighted by atomic mass is 9.96. The van der Waals surface area contributed by atoms with Crippen LogP contribution in [0.3, 0.4) is 0 Å². The molecule has 0 radical (unpaired) electrons. The number of ketones is 1. The van der Waals surface area contributed by atoms with Gasteiger partial charge in [-0.2, -0.15) is 0 Å². The van der Waals surface area contributed by atoms with Crippen molar-refractivity contribution in [2.75, 3.05) is 6.61 Å². The van der Waals surface area contributed by atoms with Crippen LogP contribution in [0.15, 0.2) is 0 Å². The topological polar surface area (TPSA) is 138 Å². The van der Waals surface area contributed by atoms with Crippen molar-refractivity contribution < 1.29 is 35.4 Å². The quantitative estimate of drug-likeness (QED) is 0.260. The molecule has 0 spiro atoms. The zero-order valence-electron chi connectivity index (χ0n) is 8.24. The first-order valence-corrected chi connectivity index (χ1v) is 4.42. The summed E-state index contributed by atoms with van der Waals surface area (Å²) >= 11 is 0. The third kappa shape index (κ3) is 3.20. The Kier molecular flexibility index (Phi) is 5.29. The molecule has 3 atom stereocenters.